The predicted molar refractivity (Wildman–Crippen MR) is 77.1 cm³/mol. The lowest BCUT2D eigenvalue weighted by Crippen LogP contribution is -2.38. The topological polar surface area (TPSA) is 41.1 Å². The first kappa shape index (κ1) is 13.8. The molecular weight excluding hydrogens is 316 g/mol. The first-order valence-electron chi connectivity index (χ1n) is 6.11. The van der Waals surface area contributed by atoms with Crippen molar-refractivity contribution in [3.8, 4) is 0 Å². The minimum Gasteiger partial charge on any atom is -0.352 e. The second-order valence-corrected chi connectivity index (χ2v) is 5.81. The molecule has 1 saturated heterocycles. The Labute approximate surface area is 120 Å². The fraction of sp³-hybridized carbons (Fsp3) is 0.462. The lowest BCUT2D eigenvalue weighted by molar-refractivity contribution is 0.0945. The molecule has 0 aliphatic carbocycles. The maximum absolute atomic E-state index is 12.0. The molecule has 1 aromatic rings. The standard InChI is InChI=1S/C13H16BrClN2O/c14-11-6-10(3-4-12(11)15)13(18)17-8-9-2-1-5-16-7-9/h3-4,6,9,16H,1-2,5,7-8H2,(H,17,18). The van der Waals surface area contributed by atoms with E-state index in [0.717, 1.165) is 24.1 Å². The number of carbonyl (C=O) groups excluding carboxylic acids is 1. The summed E-state index contributed by atoms with van der Waals surface area (Å²) in [5.74, 6) is 0.497. The van der Waals surface area contributed by atoms with Crippen molar-refractivity contribution < 1.29 is 4.79 Å². The third-order valence-electron chi connectivity index (χ3n) is 3.13. The van der Waals surface area contributed by atoms with Crippen LogP contribution in [0.5, 0.6) is 0 Å². The summed E-state index contributed by atoms with van der Waals surface area (Å²) in [6, 6.07) is 5.21. The molecule has 1 aromatic carbocycles. The number of rotatable bonds is 3. The maximum Gasteiger partial charge on any atom is 0.251 e. The van der Waals surface area contributed by atoms with Crippen molar-refractivity contribution in [2.45, 2.75) is 12.8 Å². The molecule has 3 nitrogen and oxygen atoms in total. The van der Waals surface area contributed by atoms with Gasteiger partial charge in [0.1, 0.15) is 0 Å². The van der Waals surface area contributed by atoms with Crippen LogP contribution in [0.2, 0.25) is 5.02 Å². The molecule has 5 heteroatoms. The highest BCUT2D eigenvalue weighted by Gasteiger charge is 2.14. The highest BCUT2D eigenvalue weighted by Crippen LogP contribution is 2.23. The maximum atomic E-state index is 12.0. The van der Waals surface area contributed by atoms with E-state index < -0.39 is 0 Å². The molecule has 1 aliphatic heterocycles. The molecule has 1 atom stereocenters. The van der Waals surface area contributed by atoms with Gasteiger partial charge in [0.05, 0.1) is 5.02 Å². The molecule has 0 radical (unpaired) electrons. The van der Waals surface area contributed by atoms with Gasteiger partial charge in [0, 0.05) is 16.6 Å². The van der Waals surface area contributed by atoms with Crippen LogP contribution in [-0.4, -0.2) is 25.5 Å². The number of benzene rings is 1. The van der Waals surface area contributed by atoms with Crippen molar-refractivity contribution in [1.82, 2.24) is 10.6 Å². The first-order valence-corrected chi connectivity index (χ1v) is 7.28. The van der Waals surface area contributed by atoms with Crippen LogP contribution in [0.1, 0.15) is 23.2 Å². The summed E-state index contributed by atoms with van der Waals surface area (Å²) in [6.45, 7) is 2.81. The van der Waals surface area contributed by atoms with Crippen LogP contribution in [0.3, 0.4) is 0 Å². The van der Waals surface area contributed by atoms with E-state index in [2.05, 4.69) is 26.6 Å². The Morgan fingerprint density at radius 2 is 2.39 bits per heavy atom. The summed E-state index contributed by atoms with van der Waals surface area (Å²) in [5.41, 5.74) is 0.634. The Morgan fingerprint density at radius 3 is 3.06 bits per heavy atom. The molecule has 1 heterocycles. The van der Waals surface area contributed by atoms with E-state index in [1.165, 1.54) is 12.8 Å². The van der Waals surface area contributed by atoms with Gasteiger partial charge in [-0.25, -0.2) is 0 Å². The SMILES string of the molecule is O=C(NCC1CCCNC1)c1ccc(Cl)c(Br)c1. The van der Waals surface area contributed by atoms with Gasteiger partial charge in [0.15, 0.2) is 0 Å². The van der Waals surface area contributed by atoms with Crippen LogP contribution in [0.25, 0.3) is 0 Å². The van der Waals surface area contributed by atoms with E-state index in [1.54, 1.807) is 18.2 Å². The van der Waals surface area contributed by atoms with Gasteiger partial charge in [-0.1, -0.05) is 11.6 Å². The van der Waals surface area contributed by atoms with Crippen LogP contribution in [-0.2, 0) is 0 Å². The van der Waals surface area contributed by atoms with Crippen molar-refractivity contribution in [3.63, 3.8) is 0 Å². The summed E-state index contributed by atoms with van der Waals surface area (Å²) in [5, 5.41) is 6.93. The normalized spacial score (nSPS) is 19.6. The largest absolute Gasteiger partial charge is 0.352 e. The van der Waals surface area contributed by atoms with E-state index in [9.17, 15) is 4.79 Å². The highest BCUT2D eigenvalue weighted by molar-refractivity contribution is 9.10. The molecule has 1 fully saturated rings. The van der Waals surface area contributed by atoms with Crippen LogP contribution in [0.15, 0.2) is 22.7 Å². The van der Waals surface area contributed by atoms with Crippen LogP contribution < -0.4 is 10.6 Å². The minimum atomic E-state index is -0.0436. The zero-order valence-electron chi connectivity index (χ0n) is 10.0. The number of halogens is 2. The van der Waals surface area contributed by atoms with Crippen molar-refractivity contribution >= 4 is 33.4 Å². The Balaban J connectivity index is 1.88. The van der Waals surface area contributed by atoms with Gasteiger partial charge in [-0.2, -0.15) is 0 Å². The van der Waals surface area contributed by atoms with Crippen molar-refractivity contribution in [2.75, 3.05) is 19.6 Å². The molecular formula is C13H16BrClN2O. The summed E-state index contributed by atoms with van der Waals surface area (Å²) in [6.07, 6.45) is 2.37. The Kier molecular flexibility index (Phi) is 5.03. The van der Waals surface area contributed by atoms with Crippen LogP contribution >= 0.6 is 27.5 Å². The van der Waals surface area contributed by atoms with Gasteiger partial charge in [0.25, 0.3) is 5.91 Å². The van der Waals surface area contributed by atoms with E-state index in [-0.39, 0.29) is 5.91 Å². The van der Waals surface area contributed by atoms with Gasteiger partial charge in [-0.3, -0.25) is 4.79 Å². The smallest absolute Gasteiger partial charge is 0.251 e. The first-order chi connectivity index (χ1) is 8.66. The molecule has 2 rings (SSSR count). The summed E-state index contributed by atoms with van der Waals surface area (Å²) in [7, 11) is 0. The van der Waals surface area contributed by atoms with Gasteiger partial charge >= 0.3 is 0 Å². The zero-order valence-corrected chi connectivity index (χ0v) is 12.4. The average Bonchev–Trinajstić information content (AvgIpc) is 2.40. The third kappa shape index (κ3) is 3.70. The number of carbonyl (C=O) groups is 1. The fourth-order valence-electron chi connectivity index (χ4n) is 2.07. The highest BCUT2D eigenvalue weighted by atomic mass is 79.9. The van der Waals surface area contributed by atoms with Crippen LogP contribution in [0, 0.1) is 5.92 Å². The van der Waals surface area contributed by atoms with Gasteiger partial charge in [0.2, 0.25) is 0 Å². The molecule has 1 aliphatic rings. The zero-order chi connectivity index (χ0) is 13.0. The van der Waals surface area contributed by atoms with Crippen LogP contribution in [0.4, 0.5) is 0 Å². The molecule has 2 N–H and O–H groups in total. The molecule has 0 spiro atoms. The summed E-state index contributed by atoms with van der Waals surface area (Å²) < 4.78 is 0.746. The summed E-state index contributed by atoms with van der Waals surface area (Å²) >= 11 is 9.22. The Bertz CT molecular complexity index is 433. The van der Waals surface area contributed by atoms with Crippen molar-refractivity contribution in [1.29, 1.82) is 0 Å². The monoisotopic (exact) mass is 330 g/mol. The number of hydrogen-bond donors (Lipinski definition) is 2. The minimum absolute atomic E-state index is 0.0436. The van der Waals surface area contributed by atoms with E-state index in [1.807, 2.05) is 0 Å². The molecule has 0 bridgehead atoms. The Hall–Kier alpha value is -0.580. The average molecular weight is 332 g/mol. The predicted octanol–water partition coefficient (Wildman–Crippen LogP) is 2.83. The van der Waals surface area contributed by atoms with E-state index >= 15 is 0 Å². The lowest BCUT2D eigenvalue weighted by atomic mass is 10.00. The quantitative estimate of drug-likeness (QED) is 0.894. The van der Waals surface area contributed by atoms with E-state index in [4.69, 9.17) is 11.6 Å². The molecule has 0 saturated carbocycles. The second-order valence-electron chi connectivity index (χ2n) is 4.55. The Morgan fingerprint density at radius 1 is 1.56 bits per heavy atom. The van der Waals surface area contributed by atoms with Gasteiger partial charge < -0.3 is 10.6 Å². The third-order valence-corrected chi connectivity index (χ3v) is 4.35. The number of nitrogens with one attached hydrogen (secondary N) is 2. The number of amides is 1. The van der Waals surface area contributed by atoms with Gasteiger partial charge in [-0.05, 0) is 66.0 Å². The van der Waals surface area contributed by atoms with Gasteiger partial charge in [-0.15, -0.1) is 0 Å². The summed E-state index contributed by atoms with van der Waals surface area (Å²) in [4.78, 5) is 12.0. The molecule has 18 heavy (non-hydrogen) atoms. The molecule has 98 valence electrons. The van der Waals surface area contributed by atoms with Crippen molar-refractivity contribution in [3.05, 3.63) is 33.3 Å². The molecule has 1 unspecified atom stereocenters. The van der Waals surface area contributed by atoms with Crippen molar-refractivity contribution in [2.24, 2.45) is 5.92 Å². The number of hydrogen-bond acceptors (Lipinski definition) is 2. The lowest BCUT2D eigenvalue weighted by Gasteiger charge is -2.22. The molecule has 0 aromatic heterocycles. The fourth-order valence-corrected chi connectivity index (χ4v) is 2.57. The molecule has 1 amide bonds. The second kappa shape index (κ2) is 6.55. The van der Waals surface area contributed by atoms with E-state index in [0.29, 0.717) is 16.5 Å². The number of piperidine rings is 1.